The van der Waals surface area contributed by atoms with E-state index in [-0.39, 0.29) is 35.1 Å². The SMILES string of the molecule is COc1cc(NC(=O)Cc2cccs2)c(C(=O)OCC(=O)Nc2cc(C)on2)cc1OC. The highest BCUT2D eigenvalue weighted by molar-refractivity contribution is 7.10. The lowest BCUT2D eigenvalue weighted by molar-refractivity contribution is -0.119. The van der Waals surface area contributed by atoms with E-state index in [0.29, 0.717) is 11.5 Å². The maximum absolute atomic E-state index is 12.7. The number of methoxy groups -OCH3 is 2. The summed E-state index contributed by atoms with van der Waals surface area (Å²) in [6, 6.07) is 8.04. The first-order valence-electron chi connectivity index (χ1n) is 9.38. The lowest BCUT2D eigenvalue weighted by Crippen LogP contribution is -2.22. The third kappa shape index (κ3) is 5.85. The standard InChI is InChI=1S/C21H21N3O7S/c1-12-7-18(24-31-12)23-20(26)11-30-21(27)14-9-16(28-2)17(29-3)10-15(14)22-19(25)8-13-5-4-6-32-13/h4-7,9-10H,8,11H2,1-3H3,(H,22,25)(H,23,24,26). The summed E-state index contributed by atoms with van der Waals surface area (Å²) in [6.45, 7) is 1.11. The van der Waals surface area contributed by atoms with Crippen molar-refractivity contribution >= 4 is 40.6 Å². The van der Waals surface area contributed by atoms with E-state index in [9.17, 15) is 14.4 Å². The summed E-state index contributed by atoms with van der Waals surface area (Å²) >= 11 is 1.45. The Balaban J connectivity index is 1.74. The van der Waals surface area contributed by atoms with Gasteiger partial charge in [-0.3, -0.25) is 9.59 Å². The molecule has 2 N–H and O–H groups in total. The Morgan fingerprint density at radius 2 is 1.81 bits per heavy atom. The number of rotatable bonds is 9. The van der Waals surface area contributed by atoms with Crippen molar-refractivity contribution in [3.8, 4) is 11.5 Å². The molecule has 0 aliphatic heterocycles. The van der Waals surface area contributed by atoms with Crippen molar-refractivity contribution in [3.63, 3.8) is 0 Å². The average Bonchev–Trinajstić information content (AvgIpc) is 3.43. The molecule has 2 amide bonds. The second-order valence-electron chi connectivity index (χ2n) is 6.50. The van der Waals surface area contributed by atoms with Crippen molar-refractivity contribution in [1.82, 2.24) is 5.16 Å². The van der Waals surface area contributed by atoms with Crippen LogP contribution in [0.5, 0.6) is 11.5 Å². The molecule has 0 spiro atoms. The Morgan fingerprint density at radius 1 is 1.06 bits per heavy atom. The maximum atomic E-state index is 12.7. The van der Waals surface area contributed by atoms with E-state index in [0.717, 1.165) is 4.88 Å². The molecule has 10 nitrogen and oxygen atoms in total. The molecule has 0 saturated carbocycles. The Labute approximate surface area is 187 Å². The summed E-state index contributed by atoms with van der Waals surface area (Å²) < 4.78 is 20.5. The van der Waals surface area contributed by atoms with Crippen LogP contribution in [0.2, 0.25) is 0 Å². The number of benzene rings is 1. The van der Waals surface area contributed by atoms with Crippen LogP contribution in [0.3, 0.4) is 0 Å². The normalized spacial score (nSPS) is 10.3. The fourth-order valence-electron chi connectivity index (χ4n) is 2.73. The third-order valence-electron chi connectivity index (χ3n) is 4.16. The Bertz CT molecular complexity index is 1110. The van der Waals surface area contributed by atoms with Crippen LogP contribution in [0.15, 0.2) is 40.2 Å². The van der Waals surface area contributed by atoms with Gasteiger partial charge in [0.05, 0.1) is 31.9 Å². The van der Waals surface area contributed by atoms with Gasteiger partial charge in [0.25, 0.3) is 5.91 Å². The number of carbonyl (C=O) groups is 3. The van der Waals surface area contributed by atoms with Crippen LogP contribution in [0.1, 0.15) is 21.0 Å². The Hall–Kier alpha value is -3.86. The van der Waals surface area contributed by atoms with E-state index < -0.39 is 18.5 Å². The number of aryl methyl sites for hydroxylation is 1. The molecular weight excluding hydrogens is 438 g/mol. The molecule has 0 bridgehead atoms. The molecule has 3 aromatic rings. The number of anilines is 2. The summed E-state index contributed by atoms with van der Waals surface area (Å²) in [5, 5.41) is 10.6. The molecule has 168 valence electrons. The molecule has 0 radical (unpaired) electrons. The largest absolute Gasteiger partial charge is 0.493 e. The first-order chi connectivity index (χ1) is 15.4. The van der Waals surface area contributed by atoms with E-state index in [1.54, 1.807) is 6.92 Å². The molecule has 0 unspecified atom stereocenters. The summed E-state index contributed by atoms with van der Waals surface area (Å²) in [5.41, 5.74) is 0.175. The predicted molar refractivity (Wildman–Crippen MR) is 116 cm³/mol. The molecule has 0 saturated heterocycles. The van der Waals surface area contributed by atoms with Crippen molar-refractivity contribution in [2.75, 3.05) is 31.5 Å². The molecule has 0 atom stereocenters. The van der Waals surface area contributed by atoms with Crippen molar-refractivity contribution < 1.29 is 33.1 Å². The number of esters is 1. The van der Waals surface area contributed by atoms with Crippen molar-refractivity contribution in [1.29, 1.82) is 0 Å². The first-order valence-corrected chi connectivity index (χ1v) is 10.3. The smallest absolute Gasteiger partial charge is 0.340 e. The molecule has 2 aromatic heterocycles. The number of ether oxygens (including phenoxy) is 3. The number of nitrogens with zero attached hydrogens (tertiary/aromatic N) is 1. The van der Waals surface area contributed by atoms with Crippen LogP contribution >= 0.6 is 11.3 Å². The first kappa shape index (κ1) is 22.8. The number of nitrogens with one attached hydrogen (secondary N) is 2. The fraction of sp³-hybridized carbons (Fsp3) is 0.238. The highest BCUT2D eigenvalue weighted by Crippen LogP contribution is 2.34. The Kier molecular flexibility index (Phi) is 7.45. The van der Waals surface area contributed by atoms with Crippen LogP contribution < -0.4 is 20.1 Å². The molecule has 11 heteroatoms. The number of hydrogen-bond donors (Lipinski definition) is 2. The van der Waals surface area contributed by atoms with E-state index >= 15 is 0 Å². The van der Waals surface area contributed by atoms with Crippen LogP contribution in [0.25, 0.3) is 0 Å². The van der Waals surface area contributed by atoms with Gasteiger partial charge in [-0.1, -0.05) is 11.2 Å². The molecule has 1 aromatic carbocycles. The second kappa shape index (κ2) is 10.4. The van der Waals surface area contributed by atoms with Crippen LogP contribution in [-0.2, 0) is 20.7 Å². The van der Waals surface area contributed by atoms with E-state index in [4.69, 9.17) is 18.7 Å². The van der Waals surface area contributed by atoms with Gasteiger partial charge in [0.1, 0.15) is 5.76 Å². The van der Waals surface area contributed by atoms with Crippen molar-refractivity contribution in [3.05, 3.63) is 51.9 Å². The second-order valence-corrected chi connectivity index (χ2v) is 7.54. The molecular formula is C21H21N3O7S. The van der Waals surface area contributed by atoms with Crippen LogP contribution in [0.4, 0.5) is 11.5 Å². The van der Waals surface area contributed by atoms with Gasteiger partial charge < -0.3 is 29.4 Å². The molecule has 2 heterocycles. The van der Waals surface area contributed by atoms with Gasteiger partial charge in [0, 0.05) is 23.1 Å². The minimum atomic E-state index is -0.830. The molecule has 0 aliphatic rings. The van der Waals surface area contributed by atoms with Gasteiger partial charge in [-0.2, -0.15) is 0 Å². The van der Waals surface area contributed by atoms with Gasteiger partial charge in [-0.15, -0.1) is 11.3 Å². The van der Waals surface area contributed by atoms with Crippen LogP contribution in [-0.4, -0.2) is 43.8 Å². The lowest BCUT2D eigenvalue weighted by atomic mass is 10.1. The minimum absolute atomic E-state index is 0.00672. The highest BCUT2D eigenvalue weighted by Gasteiger charge is 2.21. The average molecular weight is 459 g/mol. The number of amides is 2. The van der Waals surface area contributed by atoms with Crippen molar-refractivity contribution in [2.45, 2.75) is 13.3 Å². The summed E-state index contributed by atoms with van der Waals surface area (Å²) in [5.74, 6) is -0.457. The van der Waals surface area contributed by atoms with Crippen molar-refractivity contribution in [2.24, 2.45) is 0 Å². The number of aromatic nitrogens is 1. The monoisotopic (exact) mass is 459 g/mol. The summed E-state index contributed by atoms with van der Waals surface area (Å²) in [7, 11) is 2.85. The van der Waals surface area contributed by atoms with Gasteiger partial charge in [0.15, 0.2) is 23.9 Å². The third-order valence-corrected chi connectivity index (χ3v) is 5.04. The molecule has 0 fully saturated rings. The maximum Gasteiger partial charge on any atom is 0.340 e. The fourth-order valence-corrected chi connectivity index (χ4v) is 3.43. The van der Waals surface area contributed by atoms with Gasteiger partial charge in [0.2, 0.25) is 5.91 Å². The minimum Gasteiger partial charge on any atom is -0.493 e. The highest BCUT2D eigenvalue weighted by atomic mass is 32.1. The van der Waals surface area contributed by atoms with Gasteiger partial charge in [-0.05, 0) is 18.4 Å². The van der Waals surface area contributed by atoms with E-state index in [1.807, 2.05) is 17.5 Å². The Morgan fingerprint density at radius 3 is 2.44 bits per heavy atom. The molecule has 0 aliphatic carbocycles. The zero-order chi connectivity index (χ0) is 23.1. The van der Waals surface area contributed by atoms with Gasteiger partial charge >= 0.3 is 5.97 Å². The summed E-state index contributed by atoms with van der Waals surface area (Å²) in [6.07, 6.45) is 0.139. The van der Waals surface area contributed by atoms with E-state index in [2.05, 4.69) is 15.8 Å². The zero-order valence-corrected chi connectivity index (χ0v) is 18.4. The topological polar surface area (TPSA) is 129 Å². The predicted octanol–water partition coefficient (Wildman–Crippen LogP) is 3.04. The van der Waals surface area contributed by atoms with E-state index in [1.165, 1.54) is 43.8 Å². The molecule has 3 rings (SSSR count). The zero-order valence-electron chi connectivity index (χ0n) is 17.6. The number of thiophene rings is 1. The quantitative estimate of drug-likeness (QED) is 0.467. The van der Waals surface area contributed by atoms with Gasteiger partial charge in [-0.25, -0.2) is 4.79 Å². The number of carbonyl (C=O) groups excluding carboxylic acids is 3. The van der Waals surface area contributed by atoms with Crippen LogP contribution in [0, 0.1) is 6.92 Å². The molecule has 32 heavy (non-hydrogen) atoms. The lowest BCUT2D eigenvalue weighted by Gasteiger charge is -2.15. The summed E-state index contributed by atoms with van der Waals surface area (Å²) in [4.78, 5) is 38.1. The number of hydrogen-bond acceptors (Lipinski definition) is 9.